The maximum absolute atomic E-state index is 13.2. The van der Waals surface area contributed by atoms with Crippen LogP contribution < -0.4 is 5.32 Å². The Morgan fingerprint density at radius 3 is 2.35 bits per heavy atom. The summed E-state index contributed by atoms with van der Waals surface area (Å²) in [7, 11) is 0. The zero-order valence-electron chi connectivity index (χ0n) is 11.3. The highest BCUT2D eigenvalue weighted by molar-refractivity contribution is 5.21. The van der Waals surface area contributed by atoms with E-state index in [4.69, 9.17) is 0 Å². The minimum Gasteiger partial charge on any atom is -0.316 e. The van der Waals surface area contributed by atoms with Gasteiger partial charge in [0.25, 0.3) is 0 Å². The van der Waals surface area contributed by atoms with Crippen LogP contribution in [0.4, 0.5) is 4.39 Å². The molecule has 2 heteroatoms. The van der Waals surface area contributed by atoms with Gasteiger partial charge in [-0.3, -0.25) is 0 Å². The molecule has 0 radical (unpaired) electrons. The zero-order chi connectivity index (χ0) is 12.8. The normalized spacial score (nSPS) is 13.4. The topological polar surface area (TPSA) is 12.0 Å². The van der Waals surface area contributed by atoms with Crippen molar-refractivity contribution in [1.82, 2.24) is 5.32 Å². The van der Waals surface area contributed by atoms with Crippen LogP contribution in [0.3, 0.4) is 0 Å². The molecule has 0 saturated heterocycles. The first-order valence-electron chi connectivity index (χ1n) is 6.47. The maximum atomic E-state index is 13.2. The summed E-state index contributed by atoms with van der Waals surface area (Å²) in [4.78, 5) is 0. The van der Waals surface area contributed by atoms with Gasteiger partial charge in [-0.2, -0.15) is 0 Å². The van der Waals surface area contributed by atoms with Gasteiger partial charge in [0.15, 0.2) is 0 Å². The van der Waals surface area contributed by atoms with Crippen LogP contribution in [0, 0.1) is 17.7 Å². The van der Waals surface area contributed by atoms with Crippen LogP contribution in [0.1, 0.15) is 39.2 Å². The van der Waals surface area contributed by atoms with Crippen molar-refractivity contribution in [1.29, 1.82) is 0 Å². The number of hydrogen-bond donors (Lipinski definition) is 1. The summed E-state index contributed by atoms with van der Waals surface area (Å²) in [6.45, 7) is 10.7. The smallest absolute Gasteiger partial charge is 0.123 e. The molecular weight excluding hydrogens is 213 g/mol. The molecule has 0 aliphatic rings. The van der Waals surface area contributed by atoms with Gasteiger partial charge in [0.05, 0.1) is 0 Å². The SMILES string of the molecule is CC(C)CNCC(c1cccc(F)c1)C(C)C. The number of nitrogens with one attached hydrogen (secondary N) is 1. The quantitative estimate of drug-likeness (QED) is 0.793. The van der Waals surface area contributed by atoms with Crippen molar-refractivity contribution in [2.75, 3.05) is 13.1 Å². The van der Waals surface area contributed by atoms with E-state index in [9.17, 15) is 4.39 Å². The van der Waals surface area contributed by atoms with Gasteiger partial charge < -0.3 is 5.32 Å². The van der Waals surface area contributed by atoms with E-state index < -0.39 is 0 Å². The van der Waals surface area contributed by atoms with E-state index in [0.29, 0.717) is 17.8 Å². The van der Waals surface area contributed by atoms with Crippen molar-refractivity contribution < 1.29 is 4.39 Å². The fourth-order valence-electron chi connectivity index (χ4n) is 2.00. The van der Waals surface area contributed by atoms with Crippen LogP contribution in [0.25, 0.3) is 0 Å². The first kappa shape index (κ1) is 14.2. The van der Waals surface area contributed by atoms with E-state index >= 15 is 0 Å². The Hall–Kier alpha value is -0.890. The van der Waals surface area contributed by atoms with Gasteiger partial charge in [0.1, 0.15) is 5.82 Å². The van der Waals surface area contributed by atoms with Gasteiger partial charge in [-0.05, 0) is 42.0 Å². The van der Waals surface area contributed by atoms with Gasteiger partial charge >= 0.3 is 0 Å². The Labute approximate surface area is 104 Å². The number of rotatable bonds is 6. The summed E-state index contributed by atoms with van der Waals surface area (Å²) in [6.07, 6.45) is 0. The first-order chi connectivity index (χ1) is 8.00. The van der Waals surface area contributed by atoms with Crippen molar-refractivity contribution in [3.05, 3.63) is 35.6 Å². The van der Waals surface area contributed by atoms with Crippen molar-refractivity contribution in [3.8, 4) is 0 Å². The summed E-state index contributed by atoms with van der Waals surface area (Å²) in [6, 6.07) is 6.97. The summed E-state index contributed by atoms with van der Waals surface area (Å²) in [5, 5.41) is 3.46. The minimum absolute atomic E-state index is 0.142. The second kappa shape index (κ2) is 6.75. The third-order valence-electron chi connectivity index (χ3n) is 3.00. The lowest BCUT2D eigenvalue weighted by Crippen LogP contribution is -2.27. The monoisotopic (exact) mass is 237 g/mol. The average molecular weight is 237 g/mol. The first-order valence-corrected chi connectivity index (χ1v) is 6.47. The number of hydrogen-bond acceptors (Lipinski definition) is 1. The molecule has 17 heavy (non-hydrogen) atoms. The molecular formula is C15H24FN. The molecule has 1 atom stereocenters. The lowest BCUT2D eigenvalue weighted by Gasteiger charge is -2.22. The third-order valence-corrected chi connectivity index (χ3v) is 3.00. The van der Waals surface area contributed by atoms with Crippen molar-refractivity contribution >= 4 is 0 Å². The molecule has 1 rings (SSSR count). The fraction of sp³-hybridized carbons (Fsp3) is 0.600. The van der Waals surface area contributed by atoms with Crippen LogP contribution >= 0.6 is 0 Å². The van der Waals surface area contributed by atoms with Gasteiger partial charge in [0, 0.05) is 6.54 Å². The Bertz CT molecular complexity index is 333. The van der Waals surface area contributed by atoms with Gasteiger partial charge in [-0.1, -0.05) is 39.8 Å². The molecule has 1 unspecified atom stereocenters. The van der Waals surface area contributed by atoms with E-state index in [-0.39, 0.29) is 5.82 Å². The molecule has 1 aromatic rings. The van der Waals surface area contributed by atoms with Gasteiger partial charge in [-0.25, -0.2) is 4.39 Å². The van der Waals surface area contributed by atoms with E-state index in [1.165, 1.54) is 6.07 Å². The maximum Gasteiger partial charge on any atom is 0.123 e. The molecule has 0 fully saturated rings. The molecule has 0 bridgehead atoms. The standard InChI is InChI=1S/C15H24FN/c1-11(2)9-17-10-15(12(3)4)13-6-5-7-14(16)8-13/h5-8,11-12,15,17H,9-10H2,1-4H3. The van der Waals surface area contributed by atoms with E-state index in [1.807, 2.05) is 6.07 Å². The number of benzene rings is 1. The molecule has 0 saturated carbocycles. The molecule has 0 aliphatic heterocycles. The highest BCUT2D eigenvalue weighted by Gasteiger charge is 2.15. The second-order valence-electron chi connectivity index (χ2n) is 5.46. The highest BCUT2D eigenvalue weighted by Crippen LogP contribution is 2.24. The summed E-state index contributed by atoms with van der Waals surface area (Å²) in [5.74, 6) is 1.40. The summed E-state index contributed by atoms with van der Waals surface area (Å²) < 4.78 is 13.2. The fourth-order valence-corrected chi connectivity index (χ4v) is 2.00. The van der Waals surface area contributed by atoms with Crippen LogP contribution in [0.5, 0.6) is 0 Å². The Morgan fingerprint density at radius 1 is 1.12 bits per heavy atom. The average Bonchev–Trinajstić information content (AvgIpc) is 2.23. The largest absolute Gasteiger partial charge is 0.316 e. The van der Waals surface area contributed by atoms with Crippen LogP contribution in [0.15, 0.2) is 24.3 Å². The van der Waals surface area contributed by atoms with Crippen LogP contribution in [-0.4, -0.2) is 13.1 Å². The molecule has 0 aromatic heterocycles. The van der Waals surface area contributed by atoms with Gasteiger partial charge in [0.2, 0.25) is 0 Å². The molecule has 0 amide bonds. The minimum atomic E-state index is -0.142. The molecule has 1 aromatic carbocycles. The number of halogens is 1. The predicted octanol–water partition coefficient (Wildman–Crippen LogP) is 3.81. The lowest BCUT2D eigenvalue weighted by atomic mass is 9.88. The van der Waals surface area contributed by atoms with E-state index in [2.05, 4.69) is 33.0 Å². The second-order valence-corrected chi connectivity index (χ2v) is 5.46. The zero-order valence-corrected chi connectivity index (χ0v) is 11.3. The van der Waals surface area contributed by atoms with Crippen LogP contribution in [0.2, 0.25) is 0 Å². The molecule has 1 N–H and O–H groups in total. The molecule has 1 nitrogen and oxygen atoms in total. The van der Waals surface area contributed by atoms with Gasteiger partial charge in [-0.15, -0.1) is 0 Å². The molecule has 0 heterocycles. The summed E-state index contributed by atoms with van der Waals surface area (Å²) in [5.41, 5.74) is 1.09. The molecule has 0 spiro atoms. The third kappa shape index (κ3) is 4.86. The molecule has 0 aliphatic carbocycles. The van der Waals surface area contributed by atoms with E-state index in [0.717, 1.165) is 18.7 Å². The lowest BCUT2D eigenvalue weighted by molar-refractivity contribution is 0.440. The van der Waals surface area contributed by atoms with E-state index in [1.54, 1.807) is 12.1 Å². The highest BCUT2D eigenvalue weighted by atomic mass is 19.1. The van der Waals surface area contributed by atoms with Crippen molar-refractivity contribution in [2.45, 2.75) is 33.6 Å². The summed E-state index contributed by atoms with van der Waals surface area (Å²) >= 11 is 0. The Morgan fingerprint density at radius 2 is 1.82 bits per heavy atom. The predicted molar refractivity (Wildman–Crippen MR) is 71.7 cm³/mol. The Kier molecular flexibility index (Phi) is 5.63. The van der Waals surface area contributed by atoms with Crippen LogP contribution in [-0.2, 0) is 0 Å². The molecule has 96 valence electrons. The van der Waals surface area contributed by atoms with Crippen molar-refractivity contribution in [2.24, 2.45) is 11.8 Å². The Balaban J connectivity index is 2.66. The van der Waals surface area contributed by atoms with Crippen molar-refractivity contribution in [3.63, 3.8) is 0 Å².